The molecule has 7 heteroatoms. The number of rotatable bonds is 5. The predicted octanol–water partition coefficient (Wildman–Crippen LogP) is 0.310. The van der Waals surface area contributed by atoms with Gasteiger partial charge in [0.2, 0.25) is 0 Å². The van der Waals surface area contributed by atoms with Gasteiger partial charge in [-0.05, 0) is 6.07 Å². The number of ether oxygens (including phenoxy) is 1. The molecule has 2 aliphatic heterocycles. The summed E-state index contributed by atoms with van der Waals surface area (Å²) in [5.41, 5.74) is 0.159. The number of piperazine rings is 1. The van der Waals surface area contributed by atoms with Crippen molar-refractivity contribution in [3.05, 3.63) is 28.2 Å². The quantitative estimate of drug-likeness (QED) is 0.811. The molecule has 0 bridgehead atoms. The minimum absolute atomic E-state index is 0.0416. The van der Waals surface area contributed by atoms with Crippen LogP contribution in [0.5, 0.6) is 0 Å². The third-order valence-electron chi connectivity index (χ3n) is 5.33. The highest BCUT2D eigenvalue weighted by atomic mass is 16.5. The van der Waals surface area contributed by atoms with E-state index in [0.717, 1.165) is 44.8 Å². The Morgan fingerprint density at radius 1 is 1.15 bits per heavy atom. The van der Waals surface area contributed by atoms with Gasteiger partial charge >= 0.3 is 0 Å². The Balaban J connectivity index is 1.49. The number of hydrogen-bond donors (Lipinski definition) is 1. The molecule has 0 radical (unpaired) electrons. The van der Waals surface area contributed by atoms with E-state index in [9.17, 15) is 9.90 Å². The molecule has 7 nitrogen and oxygen atoms in total. The van der Waals surface area contributed by atoms with Crippen molar-refractivity contribution in [2.45, 2.75) is 44.8 Å². The molecule has 1 unspecified atom stereocenters. The molecule has 1 aromatic rings. The highest BCUT2D eigenvalue weighted by molar-refractivity contribution is 5.10. The fourth-order valence-electron chi connectivity index (χ4n) is 3.55. The lowest BCUT2D eigenvalue weighted by Gasteiger charge is -2.37. The summed E-state index contributed by atoms with van der Waals surface area (Å²) < 4.78 is 6.92. The first-order valence-corrected chi connectivity index (χ1v) is 9.59. The van der Waals surface area contributed by atoms with Gasteiger partial charge in [-0.15, -0.1) is 0 Å². The maximum atomic E-state index is 12.1. The summed E-state index contributed by atoms with van der Waals surface area (Å²) in [5, 5.41) is 15.0. The Hall–Kier alpha value is -1.28. The molecular formula is C19H32N4O3. The third-order valence-corrected chi connectivity index (χ3v) is 5.33. The van der Waals surface area contributed by atoms with Crippen molar-refractivity contribution in [2.75, 3.05) is 52.5 Å². The van der Waals surface area contributed by atoms with E-state index in [1.54, 1.807) is 10.7 Å². The Bertz CT molecular complexity index is 653. The summed E-state index contributed by atoms with van der Waals surface area (Å²) >= 11 is 0. The minimum Gasteiger partial charge on any atom is -0.386 e. The molecule has 1 N–H and O–H groups in total. The van der Waals surface area contributed by atoms with Gasteiger partial charge in [-0.25, -0.2) is 4.68 Å². The van der Waals surface area contributed by atoms with E-state index < -0.39 is 5.60 Å². The molecule has 1 aromatic heterocycles. The lowest BCUT2D eigenvalue weighted by atomic mass is 9.92. The van der Waals surface area contributed by atoms with Crippen molar-refractivity contribution in [2.24, 2.45) is 0 Å². The number of aromatic nitrogens is 2. The van der Waals surface area contributed by atoms with Crippen LogP contribution in [0.2, 0.25) is 0 Å². The third kappa shape index (κ3) is 4.91. The van der Waals surface area contributed by atoms with E-state index in [0.29, 0.717) is 26.3 Å². The molecule has 0 aliphatic carbocycles. The first-order valence-electron chi connectivity index (χ1n) is 9.59. The predicted molar refractivity (Wildman–Crippen MR) is 100 cm³/mol. The minimum atomic E-state index is -0.674. The highest BCUT2D eigenvalue weighted by Crippen LogP contribution is 2.20. The zero-order valence-corrected chi connectivity index (χ0v) is 16.3. The average Bonchev–Trinajstić information content (AvgIpc) is 3.00. The van der Waals surface area contributed by atoms with Gasteiger partial charge in [-0.2, -0.15) is 5.10 Å². The summed E-state index contributed by atoms with van der Waals surface area (Å²) in [4.78, 5) is 16.8. The average molecular weight is 364 g/mol. The maximum Gasteiger partial charge on any atom is 0.266 e. The highest BCUT2D eigenvalue weighted by Gasteiger charge is 2.34. The van der Waals surface area contributed by atoms with Crippen LogP contribution in [0.15, 0.2) is 16.9 Å². The van der Waals surface area contributed by atoms with Crippen LogP contribution in [0.1, 0.15) is 32.9 Å². The van der Waals surface area contributed by atoms with Crippen molar-refractivity contribution in [1.29, 1.82) is 0 Å². The van der Waals surface area contributed by atoms with Gasteiger partial charge in [-0.3, -0.25) is 14.6 Å². The summed E-state index contributed by atoms with van der Waals surface area (Å²) in [5.74, 6) is 0. The maximum absolute atomic E-state index is 12.1. The SMILES string of the molecule is CC(C)(C)c1ccc(=O)n(CCN2CCN(CC3(O)CCOC3)CC2)n1. The van der Waals surface area contributed by atoms with Crippen molar-refractivity contribution in [1.82, 2.24) is 19.6 Å². The van der Waals surface area contributed by atoms with E-state index in [-0.39, 0.29) is 11.0 Å². The van der Waals surface area contributed by atoms with Gasteiger partial charge in [0.25, 0.3) is 5.56 Å². The van der Waals surface area contributed by atoms with E-state index >= 15 is 0 Å². The van der Waals surface area contributed by atoms with Crippen LogP contribution in [-0.4, -0.2) is 82.8 Å². The van der Waals surface area contributed by atoms with Crippen LogP contribution in [0.3, 0.4) is 0 Å². The summed E-state index contributed by atoms with van der Waals surface area (Å²) in [6.07, 6.45) is 0.728. The lowest BCUT2D eigenvalue weighted by Crippen LogP contribution is -2.52. The van der Waals surface area contributed by atoms with E-state index in [4.69, 9.17) is 4.74 Å². The van der Waals surface area contributed by atoms with Gasteiger partial charge in [0, 0.05) is 63.8 Å². The molecule has 0 saturated carbocycles. The summed E-state index contributed by atoms with van der Waals surface area (Å²) in [6, 6.07) is 3.45. The van der Waals surface area contributed by atoms with Crippen LogP contribution in [-0.2, 0) is 16.7 Å². The number of β-amino-alcohol motifs (C(OH)–C–C–N with tert-alkyl or cyclic N) is 1. The fourth-order valence-corrected chi connectivity index (χ4v) is 3.55. The second kappa shape index (κ2) is 7.76. The van der Waals surface area contributed by atoms with Crippen LogP contribution in [0.4, 0.5) is 0 Å². The van der Waals surface area contributed by atoms with Crippen molar-refractivity contribution in [3.63, 3.8) is 0 Å². The molecule has 0 spiro atoms. The van der Waals surface area contributed by atoms with E-state index in [1.807, 2.05) is 6.07 Å². The van der Waals surface area contributed by atoms with Crippen molar-refractivity contribution < 1.29 is 9.84 Å². The van der Waals surface area contributed by atoms with Gasteiger partial charge < -0.3 is 9.84 Å². The van der Waals surface area contributed by atoms with Crippen LogP contribution in [0, 0.1) is 0 Å². The number of aliphatic hydroxyl groups is 1. The van der Waals surface area contributed by atoms with Crippen LogP contribution < -0.4 is 5.56 Å². The van der Waals surface area contributed by atoms with Crippen molar-refractivity contribution in [3.8, 4) is 0 Å². The molecule has 2 aliphatic rings. The van der Waals surface area contributed by atoms with Gasteiger partial charge in [0.15, 0.2) is 0 Å². The largest absolute Gasteiger partial charge is 0.386 e. The zero-order valence-electron chi connectivity index (χ0n) is 16.3. The van der Waals surface area contributed by atoms with Crippen molar-refractivity contribution >= 4 is 0 Å². The normalized spacial score (nSPS) is 25.7. The second-order valence-corrected chi connectivity index (χ2v) is 8.67. The zero-order chi connectivity index (χ0) is 18.8. The molecule has 26 heavy (non-hydrogen) atoms. The molecular weight excluding hydrogens is 332 g/mol. The first-order chi connectivity index (χ1) is 12.3. The molecule has 2 saturated heterocycles. The Morgan fingerprint density at radius 2 is 1.85 bits per heavy atom. The molecule has 2 fully saturated rings. The van der Waals surface area contributed by atoms with Crippen LogP contribution >= 0.6 is 0 Å². The molecule has 3 heterocycles. The summed E-state index contributed by atoms with van der Waals surface area (Å²) in [6.45, 7) is 13.3. The van der Waals surface area contributed by atoms with Crippen LogP contribution in [0.25, 0.3) is 0 Å². The molecule has 3 rings (SSSR count). The van der Waals surface area contributed by atoms with E-state index in [2.05, 4.69) is 35.7 Å². The summed E-state index contributed by atoms with van der Waals surface area (Å²) in [7, 11) is 0. The standard InChI is InChI=1S/C19H32N4O3/c1-18(2,3)16-4-5-17(24)23(20-16)12-11-21-7-9-22(10-8-21)14-19(25)6-13-26-15-19/h4-5,25H,6-15H2,1-3H3. The number of nitrogens with zero attached hydrogens (tertiary/aromatic N) is 4. The van der Waals surface area contributed by atoms with Gasteiger partial charge in [0.05, 0.1) is 18.8 Å². The topological polar surface area (TPSA) is 70.8 Å². The second-order valence-electron chi connectivity index (χ2n) is 8.67. The molecule has 0 amide bonds. The molecule has 1 atom stereocenters. The lowest BCUT2D eigenvalue weighted by molar-refractivity contribution is -0.0158. The van der Waals surface area contributed by atoms with E-state index in [1.165, 1.54) is 0 Å². The van der Waals surface area contributed by atoms with Gasteiger partial charge in [-0.1, -0.05) is 20.8 Å². The monoisotopic (exact) mass is 364 g/mol. The van der Waals surface area contributed by atoms with Gasteiger partial charge in [0.1, 0.15) is 5.60 Å². The smallest absolute Gasteiger partial charge is 0.266 e. The Kier molecular flexibility index (Phi) is 5.81. The Morgan fingerprint density at radius 3 is 2.46 bits per heavy atom. The Labute approximate surface area is 155 Å². The molecule has 0 aromatic carbocycles. The number of hydrogen-bond acceptors (Lipinski definition) is 6. The fraction of sp³-hybridized carbons (Fsp3) is 0.789. The first kappa shape index (κ1) is 19.5. The molecule has 146 valence electrons.